The summed E-state index contributed by atoms with van der Waals surface area (Å²) in [4.78, 5) is 6.60. The van der Waals surface area contributed by atoms with E-state index >= 15 is 0 Å². The molecule has 7 nitrogen and oxygen atoms in total. The fourth-order valence-corrected chi connectivity index (χ4v) is 2.30. The largest absolute Gasteiger partial charge is 0.361 e. The molecule has 0 aliphatic carbocycles. The summed E-state index contributed by atoms with van der Waals surface area (Å²) in [7, 11) is -3.42. The predicted octanol–water partition coefficient (Wildman–Crippen LogP) is 0.326. The lowest BCUT2D eigenvalue weighted by atomic mass is 10.4. The van der Waals surface area contributed by atoms with Crippen molar-refractivity contribution in [1.29, 1.82) is 0 Å². The van der Waals surface area contributed by atoms with E-state index in [2.05, 4.69) is 19.8 Å². The standard InChI is InChI=1S/C9H12N4O3S/c1-7-2-8(13-16-7)5-17(14,15)12-4-9-3-10-6-11-9/h2-3,6,12H,4-5H2,1H3,(H,10,11). The highest BCUT2D eigenvalue weighted by atomic mass is 32.2. The van der Waals surface area contributed by atoms with Crippen LogP contribution in [0.5, 0.6) is 0 Å². The molecule has 0 unspecified atom stereocenters. The molecule has 8 heteroatoms. The molecule has 0 aliphatic heterocycles. The third kappa shape index (κ3) is 3.40. The molecule has 0 amide bonds. The van der Waals surface area contributed by atoms with Gasteiger partial charge in [0.05, 0.1) is 12.9 Å². The van der Waals surface area contributed by atoms with Crippen molar-refractivity contribution in [3.63, 3.8) is 0 Å². The van der Waals surface area contributed by atoms with E-state index in [1.807, 2.05) is 0 Å². The summed E-state index contributed by atoms with van der Waals surface area (Å²) in [6.45, 7) is 1.89. The highest BCUT2D eigenvalue weighted by Gasteiger charge is 2.14. The number of hydrogen-bond donors (Lipinski definition) is 2. The Morgan fingerprint density at radius 1 is 1.53 bits per heavy atom. The van der Waals surface area contributed by atoms with Crippen molar-refractivity contribution in [1.82, 2.24) is 19.8 Å². The first kappa shape index (κ1) is 11.8. The highest BCUT2D eigenvalue weighted by Crippen LogP contribution is 2.06. The summed E-state index contributed by atoms with van der Waals surface area (Å²) in [6, 6.07) is 1.59. The van der Waals surface area contributed by atoms with Crippen LogP contribution in [0.3, 0.4) is 0 Å². The second kappa shape index (κ2) is 4.68. The zero-order valence-electron chi connectivity index (χ0n) is 9.17. The van der Waals surface area contributed by atoms with Crippen molar-refractivity contribution in [3.05, 3.63) is 35.7 Å². The Morgan fingerprint density at radius 3 is 2.94 bits per heavy atom. The highest BCUT2D eigenvalue weighted by molar-refractivity contribution is 7.88. The average molecular weight is 256 g/mol. The quantitative estimate of drug-likeness (QED) is 0.802. The molecule has 0 radical (unpaired) electrons. The number of imidazole rings is 1. The Morgan fingerprint density at radius 2 is 2.35 bits per heavy atom. The van der Waals surface area contributed by atoms with Gasteiger partial charge in [0, 0.05) is 18.0 Å². The molecule has 0 saturated heterocycles. The van der Waals surface area contributed by atoms with Crippen molar-refractivity contribution < 1.29 is 12.9 Å². The van der Waals surface area contributed by atoms with E-state index in [0.717, 1.165) is 0 Å². The molecule has 0 fully saturated rings. The van der Waals surface area contributed by atoms with E-state index in [9.17, 15) is 8.42 Å². The minimum absolute atomic E-state index is 0.180. The molecule has 2 heterocycles. The van der Waals surface area contributed by atoms with E-state index in [1.165, 1.54) is 6.33 Å². The van der Waals surface area contributed by atoms with Gasteiger partial charge in [0.1, 0.15) is 17.2 Å². The monoisotopic (exact) mass is 256 g/mol. The minimum Gasteiger partial charge on any atom is -0.361 e. The lowest BCUT2D eigenvalue weighted by Crippen LogP contribution is -2.24. The molecule has 0 aliphatic rings. The first-order chi connectivity index (χ1) is 8.05. The van der Waals surface area contributed by atoms with Gasteiger partial charge >= 0.3 is 0 Å². The van der Waals surface area contributed by atoms with Crippen LogP contribution in [0.25, 0.3) is 0 Å². The van der Waals surface area contributed by atoms with Crippen molar-refractivity contribution >= 4 is 10.0 Å². The SMILES string of the molecule is Cc1cc(CS(=O)(=O)NCc2cnc[nH]2)no1. The molecule has 0 bridgehead atoms. The van der Waals surface area contributed by atoms with Crippen LogP contribution < -0.4 is 4.72 Å². The number of aromatic nitrogens is 3. The third-order valence-electron chi connectivity index (χ3n) is 2.05. The van der Waals surface area contributed by atoms with Gasteiger partial charge in [-0.1, -0.05) is 5.16 Å². The van der Waals surface area contributed by atoms with Gasteiger partial charge in [0.25, 0.3) is 0 Å². The van der Waals surface area contributed by atoms with Gasteiger partial charge < -0.3 is 9.51 Å². The molecule has 0 spiro atoms. The number of aromatic amines is 1. The van der Waals surface area contributed by atoms with Crippen LogP contribution in [0.2, 0.25) is 0 Å². The van der Waals surface area contributed by atoms with E-state index in [4.69, 9.17) is 4.52 Å². The first-order valence-electron chi connectivity index (χ1n) is 4.92. The van der Waals surface area contributed by atoms with E-state index in [1.54, 1.807) is 19.2 Å². The van der Waals surface area contributed by atoms with Gasteiger partial charge in [-0.3, -0.25) is 0 Å². The number of H-pyrrole nitrogens is 1. The molecular formula is C9H12N4O3S. The fraction of sp³-hybridized carbons (Fsp3) is 0.333. The van der Waals surface area contributed by atoms with Gasteiger partial charge in [-0.15, -0.1) is 0 Å². The molecule has 2 aromatic heterocycles. The fourth-order valence-electron chi connectivity index (χ4n) is 1.30. The van der Waals surface area contributed by atoms with E-state index in [-0.39, 0.29) is 12.3 Å². The maximum atomic E-state index is 11.7. The van der Waals surface area contributed by atoms with E-state index in [0.29, 0.717) is 17.1 Å². The third-order valence-corrected chi connectivity index (χ3v) is 3.31. The van der Waals surface area contributed by atoms with Crippen molar-refractivity contribution in [2.24, 2.45) is 0 Å². The molecule has 0 atom stereocenters. The predicted molar refractivity (Wildman–Crippen MR) is 59.3 cm³/mol. The second-order valence-corrected chi connectivity index (χ2v) is 5.39. The smallest absolute Gasteiger partial charge is 0.217 e. The Kier molecular flexibility index (Phi) is 3.25. The lowest BCUT2D eigenvalue weighted by Gasteiger charge is -2.02. The summed E-state index contributed by atoms with van der Waals surface area (Å²) in [6.07, 6.45) is 3.05. The van der Waals surface area contributed by atoms with Crippen LogP contribution in [0.15, 0.2) is 23.1 Å². The molecule has 2 aromatic rings. The number of hydrogen-bond acceptors (Lipinski definition) is 5. The van der Waals surface area contributed by atoms with Crippen LogP contribution in [0.4, 0.5) is 0 Å². The zero-order valence-corrected chi connectivity index (χ0v) is 9.99. The Balaban J connectivity index is 1.95. The Bertz CT molecular complexity index is 573. The normalized spacial score (nSPS) is 11.8. The summed E-state index contributed by atoms with van der Waals surface area (Å²) in [5.41, 5.74) is 1.09. The first-order valence-corrected chi connectivity index (χ1v) is 6.57. The average Bonchev–Trinajstić information content (AvgIpc) is 2.86. The number of rotatable bonds is 5. The van der Waals surface area contributed by atoms with Crippen LogP contribution >= 0.6 is 0 Å². The van der Waals surface area contributed by atoms with Crippen LogP contribution in [-0.4, -0.2) is 23.5 Å². The van der Waals surface area contributed by atoms with E-state index < -0.39 is 10.0 Å². The van der Waals surface area contributed by atoms with Crippen LogP contribution in [0.1, 0.15) is 17.1 Å². The molecule has 2 N–H and O–H groups in total. The maximum absolute atomic E-state index is 11.7. The van der Waals surface area contributed by atoms with Gasteiger partial charge in [-0.25, -0.2) is 18.1 Å². The maximum Gasteiger partial charge on any atom is 0.217 e. The lowest BCUT2D eigenvalue weighted by molar-refractivity contribution is 0.392. The van der Waals surface area contributed by atoms with Gasteiger partial charge in [0.15, 0.2) is 0 Å². The topological polar surface area (TPSA) is 101 Å². The summed E-state index contributed by atoms with van der Waals surface area (Å²) >= 11 is 0. The molecular weight excluding hydrogens is 244 g/mol. The van der Waals surface area contributed by atoms with Gasteiger partial charge in [-0.05, 0) is 6.92 Å². The summed E-state index contributed by atoms with van der Waals surface area (Å²) in [5.74, 6) is 0.391. The van der Waals surface area contributed by atoms with Crippen LogP contribution in [0, 0.1) is 6.92 Å². The van der Waals surface area contributed by atoms with Crippen molar-refractivity contribution in [2.75, 3.05) is 0 Å². The van der Waals surface area contributed by atoms with Crippen molar-refractivity contribution in [2.45, 2.75) is 19.2 Å². The number of nitrogens with one attached hydrogen (secondary N) is 2. The number of aryl methyl sites for hydroxylation is 1. The zero-order chi connectivity index (χ0) is 12.3. The Hall–Kier alpha value is -1.67. The molecule has 2 rings (SSSR count). The molecule has 0 saturated carbocycles. The minimum atomic E-state index is -3.42. The molecule has 0 aromatic carbocycles. The van der Waals surface area contributed by atoms with Gasteiger partial charge in [0.2, 0.25) is 10.0 Å². The second-order valence-electron chi connectivity index (χ2n) is 3.59. The summed E-state index contributed by atoms with van der Waals surface area (Å²) < 4.78 is 30.6. The summed E-state index contributed by atoms with van der Waals surface area (Å²) in [5, 5.41) is 3.63. The van der Waals surface area contributed by atoms with Gasteiger partial charge in [-0.2, -0.15) is 0 Å². The van der Waals surface area contributed by atoms with Crippen LogP contribution in [-0.2, 0) is 22.3 Å². The molecule has 92 valence electrons. The molecule has 17 heavy (non-hydrogen) atoms. The Labute approximate surface area is 98.3 Å². The number of sulfonamides is 1. The van der Waals surface area contributed by atoms with Crippen molar-refractivity contribution in [3.8, 4) is 0 Å². The number of nitrogens with zero attached hydrogens (tertiary/aromatic N) is 2.